The Hall–Kier alpha value is -3.71. The Morgan fingerprint density at radius 3 is 2.19 bits per heavy atom. The molecule has 2 aromatic heterocycles. The van der Waals surface area contributed by atoms with Crippen molar-refractivity contribution in [3.05, 3.63) is 72.4 Å². The molecule has 32 heavy (non-hydrogen) atoms. The smallest absolute Gasteiger partial charge is 0.163 e. The predicted octanol–water partition coefficient (Wildman–Crippen LogP) is 4.58. The summed E-state index contributed by atoms with van der Waals surface area (Å²) in [6.45, 7) is 5.91. The molecule has 0 radical (unpaired) electrons. The van der Waals surface area contributed by atoms with Gasteiger partial charge in [-0.05, 0) is 25.1 Å². The first kappa shape index (κ1) is 20.2. The molecule has 0 spiro atoms. The summed E-state index contributed by atoms with van der Waals surface area (Å²) < 4.78 is 0. The largest absolute Gasteiger partial charge is 0.354 e. The van der Waals surface area contributed by atoms with Crippen LogP contribution in [0.3, 0.4) is 0 Å². The Kier molecular flexibility index (Phi) is 5.56. The maximum absolute atomic E-state index is 4.93. The number of H-pyrrole nitrogens is 1. The van der Waals surface area contributed by atoms with Crippen molar-refractivity contribution in [2.75, 3.05) is 43.4 Å². The van der Waals surface area contributed by atoms with E-state index in [2.05, 4.69) is 80.9 Å². The van der Waals surface area contributed by atoms with Crippen LogP contribution in [0.5, 0.6) is 0 Å². The van der Waals surface area contributed by atoms with Crippen molar-refractivity contribution < 1.29 is 1.43 Å². The van der Waals surface area contributed by atoms with E-state index in [4.69, 9.17) is 9.97 Å². The highest BCUT2D eigenvalue weighted by molar-refractivity contribution is 5.69. The molecule has 0 saturated carbocycles. The fourth-order valence-electron chi connectivity index (χ4n) is 3.88. The van der Waals surface area contributed by atoms with Crippen molar-refractivity contribution in [1.82, 2.24) is 25.1 Å². The second-order valence-corrected chi connectivity index (χ2v) is 8.23. The van der Waals surface area contributed by atoms with Gasteiger partial charge in [-0.2, -0.15) is 5.10 Å². The average molecular weight is 428 g/mol. The monoisotopic (exact) mass is 427 g/mol. The Balaban J connectivity index is 0.00000259. The van der Waals surface area contributed by atoms with Gasteiger partial charge in [0.1, 0.15) is 11.6 Å². The molecular formula is C25H29N7. The molecule has 1 fully saturated rings. The molecule has 164 valence electrons. The summed E-state index contributed by atoms with van der Waals surface area (Å²) in [7, 11) is 2.16. The van der Waals surface area contributed by atoms with Gasteiger partial charge < -0.3 is 15.1 Å². The van der Waals surface area contributed by atoms with E-state index < -0.39 is 0 Å². The van der Waals surface area contributed by atoms with Crippen molar-refractivity contribution in [2.45, 2.75) is 6.92 Å². The van der Waals surface area contributed by atoms with Crippen molar-refractivity contribution in [3.8, 4) is 22.5 Å². The Morgan fingerprint density at radius 1 is 0.812 bits per heavy atom. The fraction of sp³-hybridized carbons (Fsp3) is 0.240. The van der Waals surface area contributed by atoms with Crippen LogP contribution in [0.4, 0.5) is 17.5 Å². The maximum Gasteiger partial charge on any atom is 0.163 e. The lowest BCUT2D eigenvalue weighted by Gasteiger charge is -2.33. The molecule has 2 aromatic carbocycles. The molecule has 7 heteroatoms. The van der Waals surface area contributed by atoms with E-state index in [1.807, 2.05) is 25.1 Å². The molecule has 3 heterocycles. The number of anilines is 3. The van der Waals surface area contributed by atoms with Crippen LogP contribution in [0.1, 0.15) is 7.12 Å². The summed E-state index contributed by atoms with van der Waals surface area (Å²) in [5.41, 5.74) is 4.36. The molecule has 1 saturated heterocycles. The van der Waals surface area contributed by atoms with Crippen molar-refractivity contribution in [2.24, 2.45) is 0 Å². The molecule has 0 bridgehead atoms. The van der Waals surface area contributed by atoms with Crippen molar-refractivity contribution in [1.29, 1.82) is 0 Å². The highest BCUT2D eigenvalue weighted by Gasteiger charge is 2.18. The molecule has 0 aliphatic carbocycles. The highest BCUT2D eigenvalue weighted by atomic mass is 15.3. The summed E-state index contributed by atoms with van der Waals surface area (Å²) in [6, 6.07) is 22.8. The van der Waals surface area contributed by atoms with E-state index in [1.54, 1.807) is 0 Å². The SMILES string of the molecule is Cc1cc(Nc2cc(N3CCN(C)CC3)nc(-c3ccc(-c4ccccc4)cc3)n2)n[nH]1.[HH]. The van der Waals surface area contributed by atoms with Gasteiger partial charge in [-0.25, -0.2) is 9.97 Å². The van der Waals surface area contributed by atoms with Crippen molar-refractivity contribution in [3.63, 3.8) is 0 Å². The summed E-state index contributed by atoms with van der Waals surface area (Å²) in [4.78, 5) is 14.4. The number of nitrogens with zero attached hydrogens (tertiary/aromatic N) is 5. The van der Waals surface area contributed by atoms with Gasteiger partial charge in [-0.15, -0.1) is 0 Å². The zero-order valence-electron chi connectivity index (χ0n) is 18.4. The second-order valence-electron chi connectivity index (χ2n) is 8.23. The summed E-state index contributed by atoms with van der Waals surface area (Å²) in [5.74, 6) is 3.12. The predicted molar refractivity (Wildman–Crippen MR) is 131 cm³/mol. The minimum atomic E-state index is 0. The normalized spacial score (nSPS) is 14.5. The Morgan fingerprint density at radius 2 is 1.50 bits per heavy atom. The third-order valence-electron chi connectivity index (χ3n) is 5.75. The maximum atomic E-state index is 4.93. The first-order valence-electron chi connectivity index (χ1n) is 10.9. The van der Waals surface area contributed by atoms with Crippen LogP contribution < -0.4 is 10.2 Å². The lowest BCUT2D eigenvalue weighted by atomic mass is 10.0. The zero-order valence-corrected chi connectivity index (χ0v) is 18.4. The summed E-state index contributed by atoms with van der Waals surface area (Å²) in [5, 5.41) is 10.6. The van der Waals surface area contributed by atoms with Crippen LogP contribution in [-0.4, -0.2) is 58.3 Å². The zero-order chi connectivity index (χ0) is 21.9. The topological polar surface area (TPSA) is 73.0 Å². The number of rotatable bonds is 5. The third kappa shape index (κ3) is 4.48. The van der Waals surface area contributed by atoms with E-state index in [-0.39, 0.29) is 1.43 Å². The quantitative estimate of drug-likeness (QED) is 0.486. The lowest BCUT2D eigenvalue weighted by Crippen LogP contribution is -2.44. The van der Waals surface area contributed by atoms with Gasteiger partial charge in [-0.3, -0.25) is 5.10 Å². The number of piperazine rings is 1. The van der Waals surface area contributed by atoms with Crippen LogP contribution in [0, 0.1) is 6.92 Å². The third-order valence-corrected chi connectivity index (χ3v) is 5.75. The molecule has 0 amide bonds. The van der Waals surface area contributed by atoms with Gasteiger partial charge in [0, 0.05) is 51.0 Å². The number of aromatic nitrogens is 4. The molecule has 7 nitrogen and oxygen atoms in total. The van der Waals surface area contributed by atoms with Gasteiger partial charge in [0.15, 0.2) is 11.6 Å². The minimum Gasteiger partial charge on any atom is -0.354 e. The Bertz CT molecular complexity index is 1180. The molecule has 1 aliphatic heterocycles. The van der Waals surface area contributed by atoms with Gasteiger partial charge in [-0.1, -0.05) is 54.6 Å². The molecule has 2 N–H and O–H groups in total. The van der Waals surface area contributed by atoms with Crippen LogP contribution in [0.15, 0.2) is 66.7 Å². The molecule has 5 rings (SSSR count). The van der Waals surface area contributed by atoms with E-state index in [9.17, 15) is 0 Å². The molecule has 0 unspecified atom stereocenters. The average Bonchev–Trinajstić information content (AvgIpc) is 3.24. The number of likely N-dealkylation sites (N-methyl/N-ethyl adjacent to an activating group) is 1. The highest BCUT2D eigenvalue weighted by Crippen LogP contribution is 2.27. The standard InChI is InChI=1S/C25H27N7.H2/c1-18-16-23(30-29-18)26-22-17-24(32-14-12-31(2)13-15-32)28-25(27-22)21-10-8-20(9-11-21)19-6-4-3-5-7-19;/h3-11,16-17H,12-15H2,1-2H3,(H2,26,27,28,29,30);1H. The first-order chi connectivity index (χ1) is 15.6. The van der Waals surface area contributed by atoms with Crippen LogP contribution in [0.25, 0.3) is 22.5 Å². The van der Waals surface area contributed by atoms with Gasteiger partial charge in [0.05, 0.1) is 0 Å². The van der Waals surface area contributed by atoms with Gasteiger partial charge in [0.25, 0.3) is 0 Å². The number of nitrogens with one attached hydrogen (secondary N) is 2. The molecule has 0 atom stereocenters. The molecular weight excluding hydrogens is 398 g/mol. The number of hydrogen-bond acceptors (Lipinski definition) is 6. The first-order valence-corrected chi connectivity index (χ1v) is 10.9. The summed E-state index contributed by atoms with van der Waals surface area (Å²) in [6.07, 6.45) is 0. The van der Waals surface area contributed by atoms with Crippen LogP contribution >= 0.6 is 0 Å². The molecule has 1 aliphatic rings. The van der Waals surface area contributed by atoms with E-state index in [1.165, 1.54) is 11.1 Å². The molecule has 4 aromatic rings. The van der Waals surface area contributed by atoms with Gasteiger partial charge >= 0.3 is 0 Å². The number of aromatic amines is 1. The fourth-order valence-corrected chi connectivity index (χ4v) is 3.88. The minimum absolute atomic E-state index is 0. The summed E-state index contributed by atoms with van der Waals surface area (Å²) >= 11 is 0. The number of hydrogen-bond donors (Lipinski definition) is 2. The van der Waals surface area contributed by atoms with Crippen LogP contribution in [0.2, 0.25) is 0 Å². The number of aryl methyl sites for hydroxylation is 1. The van der Waals surface area contributed by atoms with Crippen LogP contribution in [-0.2, 0) is 0 Å². The van der Waals surface area contributed by atoms with E-state index in [0.29, 0.717) is 5.82 Å². The van der Waals surface area contributed by atoms with E-state index >= 15 is 0 Å². The van der Waals surface area contributed by atoms with Gasteiger partial charge in [0.2, 0.25) is 0 Å². The van der Waals surface area contributed by atoms with Crippen molar-refractivity contribution >= 4 is 17.5 Å². The van der Waals surface area contributed by atoms with E-state index in [0.717, 1.165) is 54.9 Å². The second kappa shape index (κ2) is 8.80. The number of benzene rings is 2. The lowest BCUT2D eigenvalue weighted by molar-refractivity contribution is 0.312. The Labute approximate surface area is 189 Å².